The summed E-state index contributed by atoms with van der Waals surface area (Å²) in [6.45, 7) is 3.60. The first kappa shape index (κ1) is 31.3. The second kappa shape index (κ2) is 12.8. The Labute approximate surface area is 256 Å². The highest BCUT2D eigenvalue weighted by Gasteiger charge is 2.47. The van der Waals surface area contributed by atoms with E-state index in [4.69, 9.17) is 9.90 Å². The molecule has 2 N–H and O–H groups in total. The zero-order valence-corrected chi connectivity index (χ0v) is 24.4. The maximum atomic E-state index is 13.2. The number of carboxylic acid groups (broad SMARTS) is 1. The van der Waals surface area contributed by atoms with Gasteiger partial charge in [0.05, 0.1) is 36.4 Å². The molecular formula is C29H31F3N10O3. The van der Waals surface area contributed by atoms with Crippen LogP contribution in [0.2, 0.25) is 0 Å². The second-order valence-electron chi connectivity index (χ2n) is 11.0. The lowest BCUT2D eigenvalue weighted by Crippen LogP contribution is -2.63. The molecular weight excluding hydrogens is 593 g/mol. The van der Waals surface area contributed by atoms with Crippen LogP contribution in [0.3, 0.4) is 0 Å². The van der Waals surface area contributed by atoms with Gasteiger partial charge in [0.2, 0.25) is 11.9 Å². The van der Waals surface area contributed by atoms with Gasteiger partial charge >= 0.3 is 6.18 Å². The van der Waals surface area contributed by atoms with E-state index in [0.717, 1.165) is 55.5 Å². The van der Waals surface area contributed by atoms with Crippen molar-refractivity contribution in [3.8, 4) is 6.07 Å². The molecule has 2 aliphatic heterocycles. The molecule has 5 heterocycles. The standard InChI is InChI=1S/C28H29F3N10O.CH2O2/c1-37-11-13-38(14-12-37)24(42)15-20-4-6-22(7-5-20)34-26-35-25-23(3-2-10-40(25)36-26)39-18-27(19-39,8-9-32)41-17-21(16-33-41)28(29,30)31;2-1-3/h2-7,10,16-17H,8,11-15,18-19H2,1H3,(H,34,36);1H,(H,2,3). The van der Waals surface area contributed by atoms with E-state index in [0.29, 0.717) is 31.1 Å². The summed E-state index contributed by atoms with van der Waals surface area (Å²) in [4.78, 5) is 31.7. The van der Waals surface area contributed by atoms with E-state index < -0.39 is 17.3 Å². The smallest absolute Gasteiger partial charge is 0.419 e. The number of carbonyl (C=O) groups excluding carboxylic acids is 1. The van der Waals surface area contributed by atoms with Gasteiger partial charge in [0.1, 0.15) is 5.54 Å². The van der Waals surface area contributed by atoms with Crippen LogP contribution in [0, 0.1) is 11.3 Å². The summed E-state index contributed by atoms with van der Waals surface area (Å²) in [5.41, 5.74) is 1.28. The topological polar surface area (TPSA) is 148 Å². The molecule has 0 atom stereocenters. The van der Waals surface area contributed by atoms with Crippen molar-refractivity contribution in [1.29, 1.82) is 5.26 Å². The minimum atomic E-state index is -4.51. The van der Waals surface area contributed by atoms with E-state index >= 15 is 0 Å². The Morgan fingerprint density at radius 1 is 1.16 bits per heavy atom. The van der Waals surface area contributed by atoms with Crippen LogP contribution in [0.15, 0.2) is 55.0 Å². The highest BCUT2D eigenvalue weighted by molar-refractivity contribution is 5.79. The van der Waals surface area contributed by atoms with Gasteiger partial charge in [-0.1, -0.05) is 12.1 Å². The fraction of sp³-hybridized carbons (Fsp3) is 0.379. The molecule has 0 saturated carbocycles. The number of benzene rings is 1. The molecule has 0 unspecified atom stereocenters. The number of pyridine rings is 1. The maximum Gasteiger partial charge on any atom is 0.419 e. The van der Waals surface area contributed by atoms with Gasteiger partial charge < -0.3 is 25.1 Å². The number of alkyl halides is 3. The molecule has 0 aliphatic carbocycles. The number of amides is 1. The maximum absolute atomic E-state index is 13.2. The van der Waals surface area contributed by atoms with Gasteiger partial charge in [0, 0.05) is 57.3 Å². The minimum absolute atomic E-state index is 0.0159. The van der Waals surface area contributed by atoms with Crippen molar-refractivity contribution in [2.75, 3.05) is 56.5 Å². The average Bonchev–Trinajstić information content (AvgIpc) is 3.65. The molecule has 0 radical (unpaired) electrons. The van der Waals surface area contributed by atoms with Gasteiger partial charge in [-0.2, -0.15) is 28.5 Å². The van der Waals surface area contributed by atoms with Crippen molar-refractivity contribution in [2.45, 2.75) is 24.6 Å². The van der Waals surface area contributed by atoms with Crippen molar-refractivity contribution >= 4 is 35.3 Å². The number of carbonyl (C=O) groups is 2. The number of aromatic nitrogens is 5. The van der Waals surface area contributed by atoms with Crippen LogP contribution < -0.4 is 10.2 Å². The third-order valence-corrected chi connectivity index (χ3v) is 7.88. The van der Waals surface area contributed by atoms with Gasteiger partial charge in [-0.15, -0.1) is 5.10 Å². The van der Waals surface area contributed by atoms with Crippen LogP contribution in [0.4, 0.5) is 30.5 Å². The summed E-state index contributed by atoms with van der Waals surface area (Å²) in [5, 5.41) is 27.9. The highest BCUT2D eigenvalue weighted by Crippen LogP contribution is 2.39. The van der Waals surface area contributed by atoms with E-state index in [1.807, 2.05) is 46.2 Å². The van der Waals surface area contributed by atoms with E-state index in [9.17, 15) is 23.2 Å². The summed E-state index contributed by atoms with van der Waals surface area (Å²) >= 11 is 0. The van der Waals surface area contributed by atoms with Gasteiger partial charge in [0.25, 0.3) is 6.47 Å². The third-order valence-electron chi connectivity index (χ3n) is 7.88. The van der Waals surface area contributed by atoms with Crippen LogP contribution in [0.1, 0.15) is 17.5 Å². The summed E-state index contributed by atoms with van der Waals surface area (Å²) in [6.07, 6.45) is -0.635. The SMILES string of the molecule is CN1CCN(C(=O)Cc2ccc(Nc3nc4c(N5CC(CC#N)(n6cc(C(F)(F)F)cn6)C5)cccn4n3)cc2)CC1.O=CO. The quantitative estimate of drug-likeness (QED) is 0.294. The largest absolute Gasteiger partial charge is 0.483 e. The van der Waals surface area contributed by atoms with Gasteiger partial charge in [-0.3, -0.25) is 14.3 Å². The highest BCUT2D eigenvalue weighted by atomic mass is 19.4. The van der Waals surface area contributed by atoms with Crippen LogP contribution >= 0.6 is 0 Å². The number of nitriles is 1. The molecule has 3 aromatic heterocycles. The molecule has 2 aliphatic rings. The van der Waals surface area contributed by atoms with Crippen molar-refractivity contribution in [1.82, 2.24) is 34.2 Å². The van der Waals surface area contributed by atoms with Crippen LogP contribution in [0.5, 0.6) is 0 Å². The predicted molar refractivity (Wildman–Crippen MR) is 157 cm³/mol. The van der Waals surface area contributed by atoms with E-state index in [1.165, 1.54) is 4.68 Å². The molecule has 16 heteroatoms. The van der Waals surface area contributed by atoms with Crippen LogP contribution in [-0.2, 0) is 27.7 Å². The molecule has 2 fully saturated rings. The number of piperazine rings is 1. The van der Waals surface area contributed by atoms with E-state index in [1.54, 1.807) is 10.7 Å². The number of nitrogens with zero attached hydrogens (tertiary/aromatic N) is 9. The summed E-state index contributed by atoms with van der Waals surface area (Å²) in [7, 11) is 2.06. The summed E-state index contributed by atoms with van der Waals surface area (Å²) in [6, 6.07) is 13.3. The first-order chi connectivity index (χ1) is 21.5. The van der Waals surface area contributed by atoms with Crippen LogP contribution in [-0.4, -0.2) is 98.0 Å². The second-order valence-corrected chi connectivity index (χ2v) is 11.0. The minimum Gasteiger partial charge on any atom is -0.483 e. The van der Waals surface area contributed by atoms with Crippen LogP contribution in [0.25, 0.3) is 5.65 Å². The van der Waals surface area contributed by atoms with Crippen molar-refractivity contribution in [3.05, 3.63) is 66.1 Å². The number of hydrogen-bond donors (Lipinski definition) is 2. The Balaban J connectivity index is 0.00000128. The number of likely N-dealkylation sites (N-methyl/N-ethyl adjacent to an activating group) is 1. The monoisotopic (exact) mass is 624 g/mol. The zero-order valence-electron chi connectivity index (χ0n) is 24.4. The fourth-order valence-corrected chi connectivity index (χ4v) is 5.42. The molecule has 236 valence electrons. The summed E-state index contributed by atoms with van der Waals surface area (Å²) < 4.78 is 42.3. The van der Waals surface area contributed by atoms with E-state index in [2.05, 4.69) is 38.5 Å². The molecule has 4 aromatic rings. The Hall–Kier alpha value is -5.17. The normalized spacial score (nSPS) is 16.3. The lowest BCUT2D eigenvalue weighted by molar-refractivity contribution is -0.137. The lowest BCUT2D eigenvalue weighted by atomic mass is 9.86. The predicted octanol–water partition coefficient (Wildman–Crippen LogP) is 2.83. The van der Waals surface area contributed by atoms with E-state index in [-0.39, 0.29) is 18.8 Å². The average molecular weight is 625 g/mol. The number of fused-ring (bicyclic) bond motifs is 1. The molecule has 1 amide bonds. The number of rotatable bonds is 7. The fourth-order valence-electron chi connectivity index (χ4n) is 5.42. The number of anilines is 3. The number of halogens is 3. The Bertz CT molecular complexity index is 1680. The Kier molecular flexibility index (Phi) is 8.91. The Morgan fingerprint density at radius 2 is 1.84 bits per heavy atom. The number of nitrogens with one attached hydrogen (secondary N) is 1. The van der Waals surface area contributed by atoms with Gasteiger partial charge in [-0.05, 0) is 36.9 Å². The van der Waals surface area contributed by atoms with Gasteiger partial charge in [-0.25, -0.2) is 4.52 Å². The lowest BCUT2D eigenvalue weighted by Gasteiger charge is -2.50. The first-order valence-corrected chi connectivity index (χ1v) is 14.0. The molecule has 0 spiro atoms. The molecule has 13 nitrogen and oxygen atoms in total. The first-order valence-electron chi connectivity index (χ1n) is 14.0. The zero-order chi connectivity index (χ0) is 32.2. The molecule has 6 rings (SSSR count). The van der Waals surface area contributed by atoms with Crippen molar-refractivity contribution in [3.63, 3.8) is 0 Å². The molecule has 45 heavy (non-hydrogen) atoms. The molecule has 0 bridgehead atoms. The molecule has 2 saturated heterocycles. The van der Waals surface area contributed by atoms with Crippen molar-refractivity contribution in [2.24, 2.45) is 0 Å². The molecule has 1 aromatic carbocycles. The van der Waals surface area contributed by atoms with Crippen molar-refractivity contribution < 1.29 is 27.9 Å². The third kappa shape index (κ3) is 6.83. The summed E-state index contributed by atoms with van der Waals surface area (Å²) in [5.74, 6) is 0.492. The Morgan fingerprint density at radius 3 is 2.47 bits per heavy atom. The van der Waals surface area contributed by atoms with Gasteiger partial charge in [0.15, 0.2) is 5.65 Å². The number of hydrogen-bond acceptors (Lipinski definition) is 9.